The van der Waals surface area contributed by atoms with E-state index in [4.69, 9.17) is 0 Å². The van der Waals surface area contributed by atoms with Gasteiger partial charge >= 0.3 is 0 Å². The minimum Gasteiger partial charge on any atom is -0.323 e. The van der Waals surface area contributed by atoms with Crippen LogP contribution in [0.5, 0.6) is 0 Å². The minimum atomic E-state index is -0.770. The summed E-state index contributed by atoms with van der Waals surface area (Å²) in [6, 6.07) is 16.5. The zero-order valence-electron chi connectivity index (χ0n) is 17.9. The molecule has 0 aliphatic heterocycles. The topological polar surface area (TPSA) is 67.2 Å². The van der Waals surface area contributed by atoms with Gasteiger partial charge in [-0.2, -0.15) is 0 Å². The van der Waals surface area contributed by atoms with E-state index in [9.17, 15) is 4.79 Å². The molecule has 0 aliphatic rings. The summed E-state index contributed by atoms with van der Waals surface area (Å²) in [6.45, 7) is 8.52. The van der Waals surface area contributed by atoms with E-state index in [1.165, 1.54) is 0 Å². The third-order valence-electron chi connectivity index (χ3n) is 4.88. The monoisotopic (exact) mass is 400 g/mol. The van der Waals surface area contributed by atoms with E-state index in [1.807, 2.05) is 36.4 Å². The van der Waals surface area contributed by atoms with Gasteiger partial charge in [-0.15, -0.1) is 0 Å². The molecule has 5 nitrogen and oxygen atoms in total. The van der Waals surface area contributed by atoms with Gasteiger partial charge in [0.1, 0.15) is 0 Å². The summed E-state index contributed by atoms with van der Waals surface area (Å²) in [4.78, 5) is 26.6. The molecular formula is C25H28N4O. The molecule has 0 saturated carbocycles. The first kappa shape index (κ1) is 21.4. The maximum absolute atomic E-state index is 13.4. The summed E-state index contributed by atoms with van der Waals surface area (Å²) in [5, 5.41) is 3.16. The van der Waals surface area contributed by atoms with E-state index in [0.717, 1.165) is 16.8 Å². The smallest absolute Gasteiger partial charge is 0.255 e. The average molecular weight is 401 g/mol. The third-order valence-corrected chi connectivity index (χ3v) is 4.88. The van der Waals surface area contributed by atoms with Crippen LogP contribution in [0, 0.1) is 0 Å². The van der Waals surface area contributed by atoms with Gasteiger partial charge in [0.15, 0.2) is 6.04 Å². The first-order valence-corrected chi connectivity index (χ1v) is 10.3. The molecule has 3 rings (SSSR count). The van der Waals surface area contributed by atoms with E-state index in [1.54, 1.807) is 18.6 Å². The molecule has 154 valence electrons. The van der Waals surface area contributed by atoms with Crippen molar-refractivity contribution in [1.82, 2.24) is 9.97 Å². The molecule has 0 radical (unpaired) electrons. The van der Waals surface area contributed by atoms with Crippen LogP contribution in [0.4, 0.5) is 5.69 Å². The fraction of sp³-hybridized carbons (Fsp3) is 0.280. The number of aliphatic imine (C=N–C) groups is 1. The largest absolute Gasteiger partial charge is 0.323 e. The lowest BCUT2D eigenvalue weighted by Gasteiger charge is -2.21. The molecule has 1 amide bonds. The number of nitrogens with one attached hydrogen (secondary N) is 1. The number of hydrogen-bond acceptors (Lipinski definition) is 4. The Morgan fingerprint density at radius 2 is 1.50 bits per heavy atom. The van der Waals surface area contributed by atoms with E-state index in [2.05, 4.69) is 66.2 Å². The van der Waals surface area contributed by atoms with Crippen molar-refractivity contribution in [3.63, 3.8) is 0 Å². The van der Waals surface area contributed by atoms with Gasteiger partial charge in [-0.05, 0) is 47.2 Å². The highest BCUT2D eigenvalue weighted by Gasteiger charge is 2.23. The van der Waals surface area contributed by atoms with Gasteiger partial charge in [0, 0.05) is 24.3 Å². The van der Waals surface area contributed by atoms with Crippen molar-refractivity contribution in [2.24, 2.45) is 4.99 Å². The zero-order valence-corrected chi connectivity index (χ0v) is 17.9. The van der Waals surface area contributed by atoms with Gasteiger partial charge in [-0.1, -0.05) is 58.0 Å². The molecule has 30 heavy (non-hydrogen) atoms. The number of carbonyl (C=O) groups excluding carboxylic acids is 1. The van der Waals surface area contributed by atoms with Crippen LogP contribution in [-0.2, 0) is 4.79 Å². The highest BCUT2D eigenvalue weighted by atomic mass is 16.2. The van der Waals surface area contributed by atoms with Crippen molar-refractivity contribution in [2.75, 3.05) is 5.32 Å². The van der Waals surface area contributed by atoms with Crippen LogP contribution in [-0.4, -0.2) is 22.1 Å². The Kier molecular flexibility index (Phi) is 7.07. The number of hydrogen-bond donors (Lipinski definition) is 1. The Labute approximate surface area is 178 Å². The second-order valence-electron chi connectivity index (χ2n) is 7.80. The van der Waals surface area contributed by atoms with E-state index in [0.29, 0.717) is 11.4 Å². The Bertz CT molecular complexity index is 972. The number of carbonyl (C=O) groups is 1. The highest BCUT2D eigenvalue weighted by molar-refractivity contribution is 5.98. The molecule has 5 heteroatoms. The maximum Gasteiger partial charge on any atom is 0.255 e. The van der Waals surface area contributed by atoms with Crippen LogP contribution >= 0.6 is 0 Å². The molecule has 0 aliphatic carbocycles. The van der Waals surface area contributed by atoms with Gasteiger partial charge in [0.05, 0.1) is 11.4 Å². The molecular weight excluding hydrogens is 372 g/mol. The number of aromatic nitrogens is 2. The van der Waals surface area contributed by atoms with Crippen LogP contribution in [0.2, 0.25) is 0 Å². The fourth-order valence-electron chi connectivity index (χ4n) is 3.31. The van der Waals surface area contributed by atoms with Crippen molar-refractivity contribution in [3.05, 3.63) is 89.5 Å². The van der Waals surface area contributed by atoms with Crippen molar-refractivity contribution in [1.29, 1.82) is 0 Å². The Morgan fingerprint density at radius 1 is 0.867 bits per heavy atom. The Hall–Kier alpha value is -3.34. The second-order valence-corrected chi connectivity index (χ2v) is 7.80. The number of anilines is 1. The van der Waals surface area contributed by atoms with Gasteiger partial charge < -0.3 is 5.32 Å². The quantitative estimate of drug-likeness (QED) is 0.531. The van der Waals surface area contributed by atoms with Crippen LogP contribution in [0.1, 0.15) is 68.1 Å². The fourth-order valence-corrected chi connectivity index (χ4v) is 3.31. The molecule has 1 aromatic carbocycles. The molecule has 1 N–H and O–H groups in total. The number of amides is 1. The van der Waals surface area contributed by atoms with Crippen molar-refractivity contribution < 1.29 is 4.79 Å². The lowest BCUT2D eigenvalue weighted by molar-refractivity contribution is -0.117. The summed E-state index contributed by atoms with van der Waals surface area (Å²) in [6.07, 6.45) is 5.00. The van der Waals surface area contributed by atoms with Crippen LogP contribution in [0.25, 0.3) is 0 Å². The molecule has 0 spiro atoms. The van der Waals surface area contributed by atoms with Crippen molar-refractivity contribution >= 4 is 17.8 Å². The summed E-state index contributed by atoms with van der Waals surface area (Å²) < 4.78 is 0. The molecule has 0 bridgehead atoms. The maximum atomic E-state index is 13.4. The standard InChI is InChI=1S/C25H28N4O/c1-17(2)20-11-9-12-21(18(3)4)23(20)29-25(30)24(22-13-6-8-15-27-22)28-16-19-10-5-7-14-26-19/h5-18,24H,1-4H3,(H,29,30). The van der Waals surface area contributed by atoms with Crippen molar-refractivity contribution in [2.45, 2.75) is 45.6 Å². The number of para-hydroxylation sites is 1. The van der Waals surface area contributed by atoms with Crippen molar-refractivity contribution in [3.8, 4) is 0 Å². The molecule has 3 aromatic rings. The van der Waals surface area contributed by atoms with Gasteiger partial charge in [-0.25, -0.2) is 0 Å². The predicted molar refractivity (Wildman–Crippen MR) is 122 cm³/mol. The van der Waals surface area contributed by atoms with E-state index >= 15 is 0 Å². The molecule has 0 saturated heterocycles. The third kappa shape index (κ3) is 5.17. The predicted octanol–water partition coefficient (Wildman–Crippen LogP) is 5.52. The molecule has 1 atom stereocenters. The SMILES string of the molecule is CC(C)c1cccc(C(C)C)c1NC(=O)C(N=Cc1ccccn1)c1ccccn1. The Morgan fingerprint density at radius 3 is 2.03 bits per heavy atom. The minimum absolute atomic E-state index is 0.212. The lowest BCUT2D eigenvalue weighted by atomic mass is 9.92. The number of nitrogens with zero attached hydrogens (tertiary/aromatic N) is 3. The number of benzene rings is 1. The van der Waals surface area contributed by atoms with Crippen LogP contribution in [0.15, 0.2) is 72.0 Å². The number of pyridine rings is 2. The molecule has 1 unspecified atom stereocenters. The number of rotatable bonds is 7. The lowest BCUT2D eigenvalue weighted by Crippen LogP contribution is -2.23. The van der Waals surface area contributed by atoms with Crippen LogP contribution < -0.4 is 5.32 Å². The van der Waals surface area contributed by atoms with E-state index < -0.39 is 6.04 Å². The first-order chi connectivity index (χ1) is 14.5. The Balaban J connectivity index is 1.98. The summed E-state index contributed by atoms with van der Waals surface area (Å²) in [5.74, 6) is 0.351. The van der Waals surface area contributed by atoms with Gasteiger partial charge in [0.2, 0.25) is 0 Å². The molecule has 0 fully saturated rings. The molecule has 2 aromatic heterocycles. The van der Waals surface area contributed by atoms with Crippen LogP contribution in [0.3, 0.4) is 0 Å². The summed E-state index contributed by atoms with van der Waals surface area (Å²) >= 11 is 0. The zero-order chi connectivity index (χ0) is 21.5. The normalized spacial score (nSPS) is 12.5. The van der Waals surface area contributed by atoms with Gasteiger partial charge in [0.25, 0.3) is 5.91 Å². The van der Waals surface area contributed by atoms with Gasteiger partial charge in [-0.3, -0.25) is 19.8 Å². The summed E-state index contributed by atoms with van der Waals surface area (Å²) in [7, 11) is 0. The highest BCUT2D eigenvalue weighted by Crippen LogP contribution is 2.33. The van der Waals surface area contributed by atoms with E-state index in [-0.39, 0.29) is 17.7 Å². The first-order valence-electron chi connectivity index (χ1n) is 10.3. The second kappa shape index (κ2) is 9.92. The average Bonchev–Trinajstić information content (AvgIpc) is 2.75. The molecule has 2 heterocycles. The summed E-state index contributed by atoms with van der Waals surface area (Å²) in [5.41, 5.74) is 4.39.